The van der Waals surface area contributed by atoms with E-state index in [1.54, 1.807) is 20.1 Å². The van der Waals surface area contributed by atoms with Crippen molar-refractivity contribution in [3.05, 3.63) is 59.4 Å². The summed E-state index contributed by atoms with van der Waals surface area (Å²) in [5.74, 6) is 0.963. The van der Waals surface area contributed by atoms with Crippen molar-refractivity contribution in [1.29, 1.82) is 0 Å². The van der Waals surface area contributed by atoms with Gasteiger partial charge < -0.3 is 15.2 Å². The molecule has 0 fully saturated rings. The lowest BCUT2D eigenvalue weighted by atomic mass is 10.1. The zero-order valence-corrected chi connectivity index (χ0v) is 12.3. The number of benzene rings is 2. The van der Waals surface area contributed by atoms with E-state index in [0.717, 1.165) is 6.42 Å². The minimum Gasteiger partial charge on any atom is -0.457 e. The smallest absolute Gasteiger partial charge is 0.132 e. The van der Waals surface area contributed by atoms with Crippen molar-refractivity contribution < 1.29 is 13.9 Å². The lowest BCUT2D eigenvalue weighted by Gasteiger charge is -2.14. The fourth-order valence-corrected chi connectivity index (χ4v) is 2.04. The molecule has 1 atom stereocenters. The van der Waals surface area contributed by atoms with E-state index in [2.05, 4.69) is 0 Å². The Bertz CT molecular complexity index is 582. The van der Waals surface area contributed by atoms with E-state index in [1.165, 1.54) is 17.7 Å². The molecule has 2 aromatic carbocycles. The van der Waals surface area contributed by atoms with Crippen molar-refractivity contribution in [3.8, 4) is 11.5 Å². The minimum atomic E-state index is -0.315. The first kappa shape index (κ1) is 15.5. The van der Waals surface area contributed by atoms with Crippen LogP contribution in [0, 0.1) is 5.82 Å². The molecule has 0 bridgehead atoms. The van der Waals surface area contributed by atoms with E-state index in [4.69, 9.17) is 15.2 Å². The van der Waals surface area contributed by atoms with Gasteiger partial charge >= 0.3 is 0 Å². The van der Waals surface area contributed by atoms with Crippen LogP contribution in [0.1, 0.15) is 24.1 Å². The van der Waals surface area contributed by atoms with Crippen LogP contribution in [0.2, 0.25) is 0 Å². The molecule has 0 amide bonds. The van der Waals surface area contributed by atoms with E-state index in [1.807, 2.05) is 24.3 Å². The molecule has 0 unspecified atom stereocenters. The molecular weight excluding hydrogens is 269 g/mol. The van der Waals surface area contributed by atoms with E-state index in [9.17, 15) is 4.39 Å². The van der Waals surface area contributed by atoms with Gasteiger partial charge in [0.25, 0.3) is 0 Å². The highest BCUT2D eigenvalue weighted by atomic mass is 19.1. The van der Waals surface area contributed by atoms with Crippen LogP contribution in [-0.2, 0) is 11.2 Å². The molecule has 2 aromatic rings. The maximum Gasteiger partial charge on any atom is 0.132 e. The molecule has 0 aliphatic rings. The Labute approximate surface area is 124 Å². The number of hydrogen-bond donors (Lipinski definition) is 1. The van der Waals surface area contributed by atoms with Crippen LogP contribution in [0.15, 0.2) is 42.5 Å². The summed E-state index contributed by atoms with van der Waals surface area (Å²) in [5.41, 5.74) is 7.68. The normalized spacial score (nSPS) is 12.2. The van der Waals surface area contributed by atoms with Gasteiger partial charge in [0.05, 0.1) is 6.61 Å². The Morgan fingerprint density at radius 2 is 1.86 bits per heavy atom. The zero-order valence-electron chi connectivity index (χ0n) is 12.3. The van der Waals surface area contributed by atoms with Gasteiger partial charge in [0.15, 0.2) is 0 Å². The van der Waals surface area contributed by atoms with Crippen molar-refractivity contribution in [3.63, 3.8) is 0 Å². The van der Waals surface area contributed by atoms with Gasteiger partial charge in [-0.15, -0.1) is 0 Å². The molecule has 112 valence electrons. The third-order valence-corrected chi connectivity index (χ3v) is 3.21. The van der Waals surface area contributed by atoms with Crippen LogP contribution in [0.3, 0.4) is 0 Å². The largest absolute Gasteiger partial charge is 0.457 e. The average molecular weight is 289 g/mol. The molecule has 0 aliphatic carbocycles. The average Bonchev–Trinajstić information content (AvgIpc) is 2.48. The second-order valence-corrected chi connectivity index (χ2v) is 4.96. The van der Waals surface area contributed by atoms with Gasteiger partial charge in [-0.25, -0.2) is 4.39 Å². The van der Waals surface area contributed by atoms with E-state index in [-0.39, 0.29) is 11.9 Å². The predicted molar refractivity (Wildman–Crippen MR) is 81.1 cm³/mol. The maximum atomic E-state index is 13.3. The molecule has 0 heterocycles. The summed E-state index contributed by atoms with van der Waals surface area (Å²) >= 11 is 0. The Morgan fingerprint density at radius 1 is 1.14 bits per heavy atom. The van der Waals surface area contributed by atoms with Gasteiger partial charge in [0.1, 0.15) is 17.3 Å². The first-order valence-corrected chi connectivity index (χ1v) is 6.91. The topological polar surface area (TPSA) is 44.5 Å². The second kappa shape index (κ2) is 7.20. The molecule has 0 spiro atoms. The highest BCUT2D eigenvalue weighted by Gasteiger charge is 2.10. The fraction of sp³-hybridized carbons (Fsp3) is 0.294. The number of hydrogen-bond acceptors (Lipinski definition) is 3. The quantitative estimate of drug-likeness (QED) is 0.879. The zero-order chi connectivity index (χ0) is 15.2. The Balaban J connectivity index is 2.14. The SMILES string of the molecule is COCCc1ccc(Oc2ccc(F)cc2[C@H](C)N)cc1. The van der Waals surface area contributed by atoms with Crippen LogP contribution in [-0.4, -0.2) is 13.7 Å². The maximum absolute atomic E-state index is 13.3. The fourth-order valence-electron chi connectivity index (χ4n) is 2.04. The lowest BCUT2D eigenvalue weighted by Crippen LogP contribution is -2.07. The second-order valence-electron chi connectivity index (χ2n) is 4.96. The Morgan fingerprint density at radius 3 is 2.48 bits per heavy atom. The van der Waals surface area contributed by atoms with Crippen LogP contribution >= 0.6 is 0 Å². The van der Waals surface area contributed by atoms with Crippen LogP contribution in [0.4, 0.5) is 4.39 Å². The predicted octanol–water partition coefficient (Wildman–Crippen LogP) is 3.83. The monoisotopic (exact) mass is 289 g/mol. The molecule has 2 rings (SSSR count). The molecular formula is C17H20FNO2. The van der Waals surface area contributed by atoms with Crippen molar-refractivity contribution in [2.24, 2.45) is 5.73 Å². The third kappa shape index (κ3) is 4.28. The van der Waals surface area contributed by atoms with Crippen molar-refractivity contribution in [1.82, 2.24) is 0 Å². The summed E-state index contributed by atoms with van der Waals surface area (Å²) in [6.07, 6.45) is 0.860. The summed E-state index contributed by atoms with van der Waals surface area (Å²) in [6, 6.07) is 11.8. The first-order valence-electron chi connectivity index (χ1n) is 6.91. The van der Waals surface area contributed by atoms with E-state index >= 15 is 0 Å². The Hall–Kier alpha value is -1.91. The molecule has 3 nitrogen and oxygen atoms in total. The standard InChI is InChI=1S/C17H20FNO2/c1-12(19)16-11-14(18)5-8-17(16)21-15-6-3-13(4-7-15)9-10-20-2/h3-8,11-12H,9-10,19H2,1-2H3/t12-/m0/s1. The van der Waals surface area contributed by atoms with Crippen molar-refractivity contribution >= 4 is 0 Å². The number of ether oxygens (including phenoxy) is 2. The molecule has 0 saturated carbocycles. The molecule has 21 heavy (non-hydrogen) atoms. The summed E-state index contributed by atoms with van der Waals surface area (Å²) in [5, 5.41) is 0. The number of rotatable bonds is 6. The van der Waals surface area contributed by atoms with E-state index < -0.39 is 0 Å². The summed E-state index contributed by atoms with van der Waals surface area (Å²) in [6.45, 7) is 2.49. The summed E-state index contributed by atoms with van der Waals surface area (Å²) in [4.78, 5) is 0. The first-order chi connectivity index (χ1) is 10.1. The van der Waals surface area contributed by atoms with Crippen molar-refractivity contribution in [2.75, 3.05) is 13.7 Å². The summed E-state index contributed by atoms with van der Waals surface area (Å²) < 4.78 is 24.1. The van der Waals surface area contributed by atoms with Gasteiger partial charge in [0.2, 0.25) is 0 Å². The molecule has 0 saturated heterocycles. The van der Waals surface area contributed by atoms with Crippen LogP contribution in [0.5, 0.6) is 11.5 Å². The van der Waals surface area contributed by atoms with Crippen LogP contribution < -0.4 is 10.5 Å². The highest BCUT2D eigenvalue weighted by Crippen LogP contribution is 2.29. The van der Waals surface area contributed by atoms with Gasteiger partial charge in [0, 0.05) is 18.7 Å². The minimum absolute atomic E-state index is 0.295. The molecule has 0 aliphatic heterocycles. The van der Waals surface area contributed by atoms with Crippen molar-refractivity contribution in [2.45, 2.75) is 19.4 Å². The molecule has 0 aromatic heterocycles. The summed E-state index contributed by atoms with van der Waals surface area (Å²) in [7, 11) is 1.68. The molecule has 0 radical (unpaired) electrons. The van der Waals surface area contributed by atoms with Gasteiger partial charge in [-0.1, -0.05) is 12.1 Å². The molecule has 4 heteroatoms. The highest BCUT2D eigenvalue weighted by molar-refractivity contribution is 5.40. The third-order valence-electron chi connectivity index (χ3n) is 3.21. The Kier molecular flexibility index (Phi) is 5.31. The number of methoxy groups -OCH3 is 1. The van der Waals surface area contributed by atoms with Gasteiger partial charge in [-0.3, -0.25) is 0 Å². The van der Waals surface area contributed by atoms with Gasteiger partial charge in [-0.2, -0.15) is 0 Å². The van der Waals surface area contributed by atoms with E-state index in [0.29, 0.717) is 23.7 Å². The van der Waals surface area contributed by atoms with Crippen LogP contribution in [0.25, 0.3) is 0 Å². The number of halogens is 1. The lowest BCUT2D eigenvalue weighted by molar-refractivity contribution is 0.202. The molecule has 2 N–H and O–H groups in total. The number of nitrogens with two attached hydrogens (primary N) is 1. The van der Waals surface area contributed by atoms with Gasteiger partial charge in [-0.05, 0) is 49.2 Å².